The van der Waals surface area contributed by atoms with E-state index in [2.05, 4.69) is 31.1 Å². The zero-order valence-electron chi connectivity index (χ0n) is 15.3. The molecule has 0 fully saturated rings. The van der Waals surface area contributed by atoms with Gasteiger partial charge in [-0.3, -0.25) is 9.48 Å². The van der Waals surface area contributed by atoms with Crippen LogP contribution in [0.1, 0.15) is 22.0 Å². The fourth-order valence-corrected chi connectivity index (χ4v) is 4.57. The summed E-state index contributed by atoms with van der Waals surface area (Å²) in [4.78, 5) is 12.8. The van der Waals surface area contributed by atoms with Crippen LogP contribution in [0, 0.1) is 0 Å². The lowest BCUT2D eigenvalue weighted by molar-refractivity contribution is 0.0937. The minimum absolute atomic E-state index is 0.0330. The smallest absolute Gasteiger partial charge is 0.251 e. The second kappa shape index (κ2) is 9.08. The standard InChI is InChI=1S/C19H18BrClN4O3S/c1-25-12-17(10-22-25)29(27,28)23-11-18(13-5-3-2-4-6-13)24-19(26)14-7-15(20)9-16(21)8-14/h2-10,12,18,23H,11H2,1H3,(H,24,26). The van der Waals surface area contributed by atoms with Crippen LogP contribution < -0.4 is 10.0 Å². The van der Waals surface area contributed by atoms with Crippen LogP contribution in [-0.2, 0) is 17.1 Å². The zero-order chi connectivity index (χ0) is 21.0. The van der Waals surface area contributed by atoms with Crippen molar-refractivity contribution in [2.45, 2.75) is 10.9 Å². The van der Waals surface area contributed by atoms with E-state index in [1.165, 1.54) is 17.1 Å². The molecule has 7 nitrogen and oxygen atoms in total. The molecule has 152 valence electrons. The Morgan fingerprint density at radius 2 is 1.97 bits per heavy atom. The van der Waals surface area contributed by atoms with Gasteiger partial charge in [0.15, 0.2) is 0 Å². The van der Waals surface area contributed by atoms with Crippen molar-refractivity contribution >= 4 is 43.5 Å². The Hall–Kier alpha value is -2.20. The normalized spacial score (nSPS) is 12.5. The molecule has 1 atom stereocenters. The van der Waals surface area contributed by atoms with Gasteiger partial charge >= 0.3 is 0 Å². The minimum Gasteiger partial charge on any atom is -0.344 e. The van der Waals surface area contributed by atoms with Crippen LogP contribution in [0.2, 0.25) is 5.02 Å². The molecule has 10 heteroatoms. The monoisotopic (exact) mass is 496 g/mol. The van der Waals surface area contributed by atoms with Crippen LogP contribution in [0.3, 0.4) is 0 Å². The Labute approximate surface area is 182 Å². The summed E-state index contributed by atoms with van der Waals surface area (Å²) < 4.78 is 29.7. The van der Waals surface area contributed by atoms with Crippen LogP contribution >= 0.6 is 27.5 Å². The molecule has 0 spiro atoms. The van der Waals surface area contributed by atoms with E-state index in [-0.39, 0.29) is 17.3 Å². The molecule has 0 aliphatic rings. The maximum Gasteiger partial charge on any atom is 0.251 e. The van der Waals surface area contributed by atoms with E-state index in [1.54, 1.807) is 25.2 Å². The highest BCUT2D eigenvalue weighted by molar-refractivity contribution is 9.10. The number of hydrogen-bond donors (Lipinski definition) is 2. The first-order chi connectivity index (χ1) is 13.7. The molecule has 2 N–H and O–H groups in total. The second-order valence-corrected chi connectivity index (χ2v) is 9.42. The van der Waals surface area contributed by atoms with Crippen molar-refractivity contribution in [2.24, 2.45) is 7.05 Å². The maximum atomic E-state index is 12.7. The van der Waals surface area contributed by atoms with Crippen molar-refractivity contribution in [1.29, 1.82) is 0 Å². The second-order valence-electron chi connectivity index (χ2n) is 6.30. The first kappa shape index (κ1) is 21.5. The summed E-state index contributed by atoms with van der Waals surface area (Å²) in [5.74, 6) is -0.373. The minimum atomic E-state index is -3.77. The number of sulfonamides is 1. The largest absolute Gasteiger partial charge is 0.344 e. The summed E-state index contributed by atoms with van der Waals surface area (Å²) in [5, 5.41) is 7.17. The van der Waals surface area contributed by atoms with Gasteiger partial charge < -0.3 is 5.32 Å². The molecule has 0 bridgehead atoms. The maximum absolute atomic E-state index is 12.7. The van der Waals surface area contributed by atoms with E-state index >= 15 is 0 Å². The Morgan fingerprint density at radius 3 is 2.59 bits per heavy atom. The van der Waals surface area contributed by atoms with Crippen molar-refractivity contribution in [1.82, 2.24) is 19.8 Å². The number of aromatic nitrogens is 2. The van der Waals surface area contributed by atoms with Gasteiger partial charge in [-0.15, -0.1) is 0 Å². The number of nitrogens with one attached hydrogen (secondary N) is 2. The third kappa shape index (κ3) is 5.66. The number of aryl methyl sites for hydroxylation is 1. The first-order valence-corrected chi connectivity index (χ1v) is 11.2. The Kier molecular flexibility index (Phi) is 6.74. The molecule has 0 saturated heterocycles. The van der Waals surface area contributed by atoms with E-state index in [0.29, 0.717) is 15.1 Å². The van der Waals surface area contributed by atoms with Crippen LogP contribution in [-0.4, -0.2) is 30.7 Å². The number of benzene rings is 2. The molecule has 2 aromatic carbocycles. The number of amides is 1. The average Bonchev–Trinajstić information content (AvgIpc) is 3.12. The predicted octanol–water partition coefficient (Wildman–Crippen LogP) is 3.29. The fourth-order valence-electron chi connectivity index (χ4n) is 2.68. The van der Waals surface area contributed by atoms with E-state index in [0.717, 1.165) is 5.56 Å². The number of hydrogen-bond acceptors (Lipinski definition) is 4. The molecule has 0 aliphatic carbocycles. The topological polar surface area (TPSA) is 93.1 Å². The molecule has 3 rings (SSSR count). The van der Waals surface area contributed by atoms with E-state index in [4.69, 9.17) is 11.6 Å². The summed E-state index contributed by atoms with van der Waals surface area (Å²) in [6.07, 6.45) is 2.67. The van der Waals surface area contributed by atoms with Gasteiger partial charge in [0.25, 0.3) is 5.91 Å². The first-order valence-electron chi connectivity index (χ1n) is 8.55. The number of carbonyl (C=O) groups excluding carboxylic acids is 1. The van der Waals surface area contributed by atoms with Gasteiger partial charge in [0.2, 0.25) is 10.0 Å². The van der Waals surface area contributed by atoms with Crippen molar-refractivity contribution in [3.05, 3.63) is 81.5 Å². The summed E-state index contributed by atoms with van der Waals surface area (Å²) in [6, 6.07) is 13.4. The van der Waals surface area contributed by atoms with Crippen molar-refractivity contribution in [3.63, 3.8) is 0 Å². The van der Waals surface area contributed by atoms with Gasteiger partial charge in [-0.1, -0.05) is 57.9 Å². The van der Waals surface area contributed by atoms with Crippen molar-refractivity contribution in [2.75, 3.05) is 6.54 Å². The van der Waals surface area contributed by atoms with Crippen LogP contribution in [0.25, 0.3) is 0 Å². The lowest BCUT2D eigenvalue weighted by atomic mass is 10.1. The van der Waals surface area contributed by atoms with Gasteiger partial charge in [-0.05, 0) is 23.8 Å². The zero-order valence-corrected chi connectivity index (χ0v) is 18.5. The number of carbonyl (C=O) groups is 1. The fraction of sp³-hybridized carbons (Fsp3) is 0.158. The van der Waals surface area contributed by atoms with Gasteiger partial charge in [-0.25, -0.2) is 13.1 Å². The molecule has 1 heterocycles. The summed E-state index contributed by atoms with van der Waals surface area (Å²) in [6.45, 7) is -0.0330. The third-order valence-electron chi connectivity index (χ3n) is 4.10. The van der Waals surface area contributed by atoms with E-state index < -0.39 is 16.1 Å². The van der Waals surface area contributed by atoms with Gasteiger partial charge in [-0.2, -0.15) is 5.10 Å². The molecule has 1 amide bonds. The van der Waals surface area contributed by atoms with Crippen molar-refractivity contribution in [3.8, 4) is 0 Å². The number of rotatable bonds is 7. The summed E-state index contributed by atoms with van der Waals surface area (Å²) in [5.41, 5.74) is 1.12. The van der Waals surface area contributed by atoms with E-state index in [9.17, 15) is 13.2 Å². The molecular weight excluding hydrogens is 480 g/mol. The predicted molar refractivity (Wildman–Crippen MR) is 114 cm³/mol. The van der Waals surface area contributed by atoms with Gasteiger partial charge in [0.05, 0.1) is 12.2 Å². The highest BCUT2D eigenvalue weighted by Gasteiger charge is 2.21. The molecule has 0 saturated carbocycles. The SMILES string of the molecule is Cn1cc(S(=O)(=O)NCC(NC(=O)c2cc(Cl)cc(Br)c2)c2ccccc2)cn1. The number of nitrogens with zero attached hydrogens (tertiary/aromatic N) is 2. The molecule has 1 unspecified atom stereocenters. The lowest BCUT2D eigenvalue weighted by Crippen LogP contribution is -2.37. The van der Waals surface area contributed by atoms with Crippen LogP contribution in [0.4, 0.5) is 0 Å². The van der Waals surface area contributed by atoms with Crippen LogP contribution in [0.5, 0.6) is 0 Å². The molecule has 29 heavy (non-hydrogen) atoms. The van der Waals surface area contributed by atoms with Crippen molar-refractivity contribution < 1.29 is 13.2 Å². The molecular formula is C19H18BrClN4O3S. The van der Waals surface area contributed by atoms with E-state index in [1.807, 2.05) is 30.3 Å². The number of halogens is 2. The molecule has 0 aliphatic heterocycles. The Morgan fingerprint density at radius 1 is 1.24 bits per heavy atom. The Bertz CT molecular complexity index is 1100. The summed E-state index contributed by atoms with van der Waals surface area (Å²) in [7, 11) is -2.14. The molecule has 0 radical (unpaired) electrons. The highest BCUT2D eigenvalue weighted by atomic mass is 79.9. The van der Waals surface area contributed by atoms with Crippen LogP contribution in [0.15, 0.2) is 70.3 Å². The lowest BCUT2D eigenvalue weighted by Gasteiger charge is -2.20. The summed E-state index contributed by atoms with van der Waals surface area (Å²) >= 11 is 9.34. The molecule has 3 aromatic rings. The molecule has 1 aromatic heterocycles. The Balaban J connectivity index is 1.81. The average molecular weight is 498 g/mol. The van der Waals surface area contributed by atoms with Gasteiger partial charge in [0.1, 0.15) is 4.90 Å². The van der Waals surface area contributed by atoms with Gasteiger partial charge in [0, 0.05) is 34.8 Å². The highest BCUT2D eigenvalue weighted by Crippen LogP contribution is 2.21. The quantitative estimate of drug-likeness (QED) is 0.524. The third-order valence-corrected chi connectivity index (χ3v) is 6.16.